The zero-order valence-corrected chi connectivity index (χ0v) is 11.6. The van der Waals surface area contributed by atoms with Crippen LogP contribution in [0.2, 0.25) is 10.0 Å². The van der Waals surface area contributed by atoms with Gasteiger partial charge < -0.3 is 5.11 Å². The molecule has 0 aliphatic rings. The summed E-state index contributed by atoms with van der Waals surface area (Å²) in [6.07, 6.45) is 0.515. The van der Waals surface area contributed by atoms with Crippen LogP contribution in [0, 0.1) is 5.82 Å². The van der Waals surface area contributed by atoms with Crippen molar-refractivity contribution in [3.05, 3.63) is 69.5 Å². The van der Waals surface area contributed by atoms with Gasteiger partial charge in [-0.05, 0) is 41.8 Å². The Morgan fingerprint density at radius 1 is 1.00 bits per heavy atom. The zero-order valence-electron chi connectivity index (χ0n) is 10.1. The van der Waals surface area contributed by atoms with Crippen LogP contribution in [-0.4, -0.2) is 11.7 Å². The SMILES string of the molecule is OCC(Cc1c(Cl)cccc1Cl)c1ccc(F)cc1. The Labute approximate surface area is 121 Å². The number of hydrogen-bond donors (Lipinski definition) is 1. The Hall–Kier alpha value is -1.09. The van der Waals surface area contributed by atoms with Crippen molar-refractivity contribution >= 4 is 23.2 Å². The van der Waals surface area contributed by atoms with E-state index in [1.165, 1.54) is 12.1 Å². The third-order valence-corrected chi connectivity index (χ3v) is 3.78. The fourth-order valence-electron chi connectivity index (χ4n) is 2.00. The topological polar surface area (TPSA) is 20.2 Å². The van der Waals surface area contributed by atoms with E-state index in [1.54, 1.807) is 30.3 Å². The highest BCUT2D eigenvalue weighted by molar-refractivity contribution is 6.36. The van der Waals surface area contributed by atoms with Crippen LogP contribution in [0.1, 0.15) is 17.0 Å². The summed E-state index contributed by atoms with van der Waals surface area (Å²) in [6, 6.07) is 11.4. The Morgan fingerprint density at radius 3 is 2.11 bits per heavy atom. The van der Waals surface area contributed by atoms with E-state index in [1.807, 2.05) is 0 Å². The maximum atomic E-state index is 12.9. The van der Waals surface area contributed by atoms with Gasteiger partial charge in [0.15, 0.2) is 0 Å². The van der Waals surface area contributed by atoms with E-state index in [0.29, 0.717) is 16.5 Å². The normalized spacial score (nSPS) is 12.4. The Morgan fingerprint density at radius 2 is 1.58 bits per heavy atom. The first-order chi connectivity index (χ1) is 9.11. The highest BCUT2D eigenvalue weighted by Crippen LogP contribution is 2.30. The Bertz CT molecular complexity index is 534. The average molecular weight is 299 g/mol. The fourth-order valence-corrected chi connectivity index (χ4v) is 2.55. The van der Waals surface area contributed by atoms with E-state index in [9.17, 15) is 9.50 Å². The lowest BCUT2D eigenvalue weighted by molar-refractivity contribution is 0.264. The van der Waals surface area contributed by atoms with Gasteiger partial charge in [0, 0.05) is 16.0 Å². The summed E-state index contributed by atoms with van der Waals surface area (Å²) < 4.78 is 12.9. The minimum atomic E-state index is -0.295. The molecule has 0 spiro atoms. The van der Waals surface area contributed by atoms with E-state index in [-0.39, 0.29) is 18.3 Å². The molecule has 100 valence electrons. The molecule has 0 amide bonds. The maximum Gasteiger partial charge on any atom is 0.123 e. The van der Waals surface area contributed by atoms with Crippen LogP contribution in [0.3, 0.4) is 0 Å². The summed E-state index contributed by atoms with van der Waals surface area (Å²) in [6.45, 7) is -0.0484. The Kier molecular flexibility index (Phi) is 4.81. The first-order valence-corrected chi connectivity index (χ1v) is 6.66. The molecule has 0 saturated carbocycles. The molecule has 2 rings (SSSR count). The van der Waals surface area contributed by atoms with Crippen molar-refractivity contribution in [3.8, 4) is 0 Å². The van der Waals surface area contributed by atoms with Gasteiger partial charge in [0.05, 0.1) is 6.61 Å². The van der Waals surface area contributed by atoms with Gasteiger partial charge in [-0.15, -0.1) is 0 Å². The molecule has 0 radical (unpaired) electrons. The number of aliphatic hydroxyl groups is 1. The number of benzene rings is 2. The van der Waals surface area contributed by atoms with Crippen LogP contribution in [0.5, 0.6) is 0 Å². The average Bonchev–Trinajstić information content (AvgIpc) is 2.40. The highest BCUT2D eigenvalue weighted by atomic mass is 35.5. The lowest BCUT2D eigenvalue weighted by Gasteiger charge is -2.16. The molecule has 0 fully saturated rings. The molecule has 2 aromatic rings. The molecular formula is C15H13Cl2FO. The van der Waals surface area contributed by atoms with Crippen molar-refractivity contribution in [2.24, 2.45) is 0 Å². The van der Waals surface area contributed by atoms with Crippen molar-refractivity contribution in [2.45, 2.75) is 12.3 Å². The van der Waals surface area contributed by atoms with E-state index < -0.39 is 0 Å². The number of rotatable bonds is 4. The van der Waals surface area contributed by atoms with Crippen LogP contribution in [0.4, 0.5) is 4.39 Å². The van der Waals surface area contributed by atoms with Crippen molar-refractivity contribution in [1.82, 2.24) is 0 Å². The third kappa shape index (κ3) is 3.47. The molecule has 1 N–H and O–H groups in total. The van der Waals surface area contributed by atoms with Gasteiger partial charge >= 0.3 is 0 Å². The van der Waals surface area contributed by atoms with Crippen molar-refractivity contribution in [1.29, 1.82) is 0 Å². The second kappa shape index (κ2) is 6.38. The molecule has 2 aromatic carbocycles. The number of aliphatic hydroxyl groups excluding tert-OH is 1. The largest absolute Gasteiger partial charge is 0.396 e. The molecule has 0 bridgehead atoms. The summed E-state index contributed by atoms with van der Waals surface area (Å²) in [5, 5.41) is 10.7. The minimum Gasteiger partial charge on any atom is -0.396 e. The molecule has 0 aliphatic heterocycles. The van der Waals surface area contributed by atoms with Crippen molar-refractivity contribution in [3.63, 3.8) is 0 Å². The molecule has 19 heavy (non-hydrogen) atoms. The molecule has 1 atom stereocenters. The van der Waals surface area contributed by atoms with Crippen LogP contribution >= 0.6 is 23.2 Å². The van der Waals surface area contributed by atoms with Gasteiger partial charge in [-0.25, -0.2) is 4.39 Å². The first-order valence-electron chi connectivity index (χ1n) is 5.91. The smallest absolute Gasteiger partial charge is 0.123 e. The highest BCUT2D eigenvalue weighted by Gasteiger charge is 2.15. The lowest BCUT2D eigenvalue weighted by atomic mass is 9.92. The third-order valence-electron chi connectivity index (χ3n) is 3.07. The van der Waals surface area contributed by atoms with Crippen molar-refractivity contribution in [2.75, 3.05) is 6.61 Å². The van der Waals surface area contributed by atoms with Crippen LogP contribution in [0.15, 0.2) is 42.5 Å². The van der Waals surface area contributed by atoms with E-state index in [2.05, 4.69) is 0 Å². The summed E-state index contributed by atoms with van der Waals surface area (Å²) in [5.41, 5.74) is 1.66. The van der Waals surface area contributed by atoms with Gasteiger partial charge in [-0.3, -0.25) is 0 Å². The van der Waals surface area contributed by atoms with E-state index >= 15 is 0 Å². The predicted molar refractivity (Wildman–Crippen MR) is 76.4 cm³/mol. The molecule has 0 aromatic heterocycles. The predicted octanol–water partition coefficient (Wildman–Crippen LogP) is 4.45. The Balaban J connectivity index is 2.26. The van der Waals surface area contributed by atoms with Crippen LogP contribution in [0.25, 0.3) is 0 Å². The van der Waals surface area contributed by atoms with E-state index in [4.69, 9.17) is 23.2 Å². The van der Waals surface area contributed by atoms with E-state index in [0.717, 1.165) is 11.1 Å². The standard InChI is InChI=1S/C15H13Cl2FO/c16-14-2-1-3-15(17)13(14)8-11(9-19)10-4-6-12(18)7-5-10/h1-7,11,19H,8-9H2. The van der Waals surface area contributed by atoms with Gasteiger partial charge in [0.1, 0.15) is 5.82 Å². The quantitative estimate of drug-likeness (QED) is 0.884. The zero-order chi connectivity index (χ0) is 13.8. The number of halogens is 3. The molecule has 4 heteroatoms. The summed E-state index contributed by atoms with van der Waals surface area (Å²) >= 11 is 12.2. The summed E-state index contributed by atoms with van der Waals surface area (Å²) in [5.74, 6) is -0.450. The molecular weight excluding hydrogens is 286 g/mol. The van der Waals surface area contributed by atoms with Gasteiger partial charge in [-0.1, -0.05) is 41.4 Å². The van der Waals surface area contributed by atoms with Gasteiger partial charge in [0.25, 0.3) is 0 Å². The molecule has 0 saturated heterocycles. The lowest BCUT2D eigenvalue weighted by Crippen LogP contribution is -2.08. The second-order valence-corrected chi connectivity index (χ2v) is 5.15. The minimum absolute atomic E-state index is 0.0484. The molecule has 0 heterocycles. The fraction of sp³-hybridized carbons (Fsp3) is 0.200. The summed E-state index contributed by atoms with van der Waals surface area (Å²) in [4.78, 5) is 0. The number of hydrogen-bond acceptors (Lipinski definition) is 1. The first kappa shape index (κ1) is 14.3. The molecule has 0 aliphatic carbocycles. The monoisotopic (exact) mass is 298 g/mol. The van der Waals surface area contributed by atoms with Gasteiger partial charge in [0.2, 0.25) is 0 Å². The van der Waals surface area contributed by atoms with Crippen LogP contribution in [-0.2, 0) is 6.42 Å². The second-order valence-electron chi connectivity index (χ2n) is 4.34. The van der Waals surface area contributed by atoms with Crippen LogP contribution < -0.4 is 0 Å². The van der Waals surface area contributed by atoms with Crippen molar-refractivity contribution < 1.29 is 9.50 Å². The molecule has 1 unspecified atom stereocenters. The van der Waals surface area contributed by atoms with Gasteiger partial charge in [-0.2, -0.15) is 0 Å². The maximum absolute atomic E-state index is 12.9. The summed E-state index contributed by atoms with van der Waals surface area (Å²) in [7, 11) is 0. The molecule has 1 nitrogen and oxygen atoms in total.